The number of phenolic OH excluding ortho intramolecular Hbond substituents is 1. The van der Waals surface area contributed by atoms with Crippen LogP contribution in [0.2, 0.25) is 0 Å². The summed E-state index contributed by atoms with van der Waals surface area (Å²) in [4.78, 5) is 4.66. The molecular formula is C17H14N4O2. The molecule has 0 amide bonds. The van der Waals surface area contributed by atoms with E-state index in [-0.39, 0.29) is 5.75 Å². The summed E-state index contributed by atoms with van der Waals surface area (Å²) in [7, 11) is 1.64. The number of hydrogen-bond acceptors (Lipinski definition) is 5. The summed E-state index contributed by atoms with van der Waals surface area (Å²) in [5, 5.41) is 21.8. The Kier molecular flexibility index (Phi) is 3.01. The van der Waals surface area contributed by atoms with Crippen molar-refractivity contribution in [2.75, 3.05) is 12.4 Å². The number of hydrogen-bond donors (Lipinski definition) is 3. The van der Waals surface area contributed by atoms with Gasteiger partial charge in [0.2, 0.25) is 0 Å². The van der Waals surface area contributed by atoms with E-state index in [1.54, 1.807) is 31.5 Å². The maximum atomic E-state index is 9.60. The van der Waals surface area contributed by atoms with Crippen LogP contribution in [0, 0.1) is 0 Å². The quantitative estimate of drug-likeness (QED) is 0.539. The van der Waals surface area contributed by atoms with Crippen molar-refractivity contribution < 1.29 is 9.84 Å². The van der Waals surface area contributed by atoms with E-state index in [1.165, 1.54) is 0 Å². The van der Waals surface area contributed by atoms with Crippen LogP contribution in [0.15, 0.2) is 48.7 Å². The van der Waals surface area contributed by atoms with Crippen LogP contribution >= 0.6 is 0 Å². The van der Waals surface area contributed by atoms with Crippen molar-refractivity contribution in [1.29, 1.82) is 0 Å². The highest BCUT2D eigenvalue weighted by Crippen LogP contribution is 2.31. The van der Waals surface area contributed by atoms with E-state index in [0.29, 0.717) is 5.82 Å². The molecule has 0 saturated heterocycles. The van der Waals surface area contributed by atoms with E-state index in [1.807, 2.05) is 24.3 Å². The normalized spacial score (nSPS) is 11.0. The summed E-state index contributed by atoms with van der Waals surface area (Å²) in [6.45, 7) is 0. The second-order valence-corrected chi connectivity index (χ2v) is 5.18. The van der Waals surface area contributed by atoms with Crippen LogP contribution in [0.3, 0.4) is 0 Å². The highest BCUT2D eigenvalue weighted by molar-refractivity contribution is 6.09. The van der Waals surface area contributed by atoms with Gasteiger partial charge in [-0.1, -0.05) is 6.07 Å². The van der Waals surface area contributed by atoms with E-state index in [9.17, 15) is 5.11 Å². The van der Waals surface area contributed by atoms with Gasteiger partial charge in [-0.25, -0.2) is 4.98 Å². The first kappa shape index (κ1) is 13.4. The average molecular weight is 306 g/mol. The average Bonchev–Trinajstić information content (AvgIpc) is 3.05. The van der Waals surface area contributed by atoms with Crippen molar-refractivity contribution in [1.82, 2.24) is 15.2 Å². The van der Waals surface area contributed by atoms with E-state index >= 15 is 0 Å². The molecule has 0 spiro atoms. The Morgan fingerprint density at radius 3 is 2.87 bits per heavy atom. The molecule has 0 saturated carbocycles. The number of aromatic hydroxyl groups is 1. The lowest BCUT2D eigenvalue weighted by Gasteiger charge is -2.10. The van der Waals surface area contributed by atoms with Gasteiger partial charge in [0.15, 0.2) is 5.82 Å². The predicted molar refractivity (Wildman–Crippen MR) is 89.3 cm³/mol. The lowest BCUT2D eigenvalue weighted by atomic mass is 10.1. The van der Waals surface area contributed by atoms with Gasteiger partial charge in [0.25, 0.3) is 0 Å². The number of phenols is 1. The van der Waals surface area contributed by atoms with Gasteiger partial charge < -0.3 is 15.2 Å². The molecule has 0 radical (unpaired) electrons. The van der Waals surface area contributed by atoms with Crippen molar-refractivity contribution in [3.05, 3.63) is 48.7 Å². The second kappa shape index (κ2) is 5.17. The van der Waals surface area contributed by atoms with E-state index in [4.69, 9.17) is 4.74 Å². The molecule has 6 heteroatoms. The molecule has 3 N–H and O–H groups in total. The fraction of sp³-hybridized carbons (Fsp3) is 0.0588. The van der Waals surface area contributed by atoms with Gasteiger partial charge in [0, 0.05) is 22.5 Å². The maximum absolute atomic E-state index is 9.60. The minimum Gasteiger partial charge on any atom is -0.508 e. The summed E-state index contributed by atoms with van der Waals surface area (Å²) in [5.41, 5.74) is 2.39. The minimum atomic E-state index is 0.196. The summed E-state index contributed by atoms with van der Waals surface area (Å²) in [5.74, 6) is 1.62. The summed E-state index contributed by atoms with van der Waals surface area (Å²) < 4.78 is 5.29. The van der Waals surface area contributed by atoms with Crippen LogP contribution < -0.4 is 10.1 Å². The third-order valence-corrected chi connectivity index (χ3v) is 3.71. The SMILES string of the molecule is COc1ccc2nc(Nc3cccc(O)c3)c3[nH]ncc3c2c1. The fourth-order valence-corrected chi connectivity index (χ4v) is 2.61. The molecule has 4 rings (SSSR count). The third kappa shape index (κ3) is 2.30. The van der Waals surface area contributed by atoms with Crippen LogP contribution in [0.25, 0.3) is 21.8 Å². The highest BCUT2D eigenvalue weighted by atomic mass is 16.5. The molecule has 6 nitrogen and oxygen atoms in total. The molecule has 0 fully saturated rings. The smallest absolute Gasteiger partial charge is 0.157 e. The van der Waals surface area contributed by atoms with Gasteiger partial charge in [-0.3, -0.25) is 5.10 Å². The Labute approximate surface area is 131 Å². The molecule has 2 aromatic carbocycles. The van der Waals surface area contributed by atoms with Crippen LogP contribution in [0.1, 0.15) is 0 Å². The molecule has 2 aromatic heterocycles. The number of aromatic nitrogens is 3. The van der Waals surface area contributed by atoms with Crippen molar-refractivity contribution in [2.24, 2.45) is 0 Å². The molecule has 0 aliphatic rings. The first-order chi connectivity index (χ1) is 11.2. The molecule has 0 aliphatic heterocycles. The monoisotopic (exact) mass is 306 g/mol. The topological polar surface area (TPSA) is 83.1 Å². The predicted octanol–water partition coefficient (Wildman–Crippen LogP) is 3.57. The standard InChI is InChI=1S/C17H14N4O2/c1-23-12-5-6-15-13(8-12)14-9-18-21-16(14)17(20-15)19-10-3-2-4-11(22)7-10/h2-9,22H,1H3,(H,18,21)(H,19,20). The van der Waals surface area contributed by atoms with Crippen molar-refractivity contribution >= 4 is 33.3 Å². The van der Waals surface area contributed by atoms with E-state index in [0.717, 1.165) is 33.2 Å². The van der Waals surface area contributed by atoms with Gasteiger partial charge in [-0.15, -0.1) is 0 Å². The molecule has 0 aliphatic carbocycles. The lowest BCUT2D eigenvalue weighted by molar-refractivity contribution is 0.415. The number of methoxy groups -OCH3 is 1. The summed E-state index contributed by atoms with van der Waals surface area (Å²) >= 11 is 0. The Hall–Kier alpha value is -3.28. The zero-order chi connectivity index (χ0) is 15.8. The molecule has 0 atom stereocenters. The molecule has 4 aromatic rings. The first-order valence-corrected chi connectivity index (χ1v) is 7.11. The van der Waals surface area contributed by atoms with Crippen LogP contribution in [-0.4, -0.2) is 27.4 Å². The van der Waals surface area contributed by atoms with Crippen molar-refractivity contribution in [3.8, 4) is 11.5 Å². The van der Waals surface area contributed by atoms with Crippen molar-refractivity contribution in [3.63, 3.8) is 0 Å². The van der Waals surface area contributed by atoms with Gasteiger partial charge in [0.1, 0.15) is 17.0 Å². The molecule has 0 unspecified atom stereocenters. The minimum absolute atomic E-state index is 0.196. The lowest BCUT2D eigenvalue weighted by Crippen LogP contribution is -1.96. The molecule has 0 bridgehead atoms. The number of anilines is 2. The van der Waals surface area contributed by atoms with E-state index < -0.39 is 0 Å². The summed E-state index contributed by atoms with van der Waals surface area (Å²) in [6.07, 6.45) is 1.77. The van der Waals surface area contributed by atoms with Crippen LogP contribution in [-0.2, 0) is 0 Å². The summed E-state index contributed by atoms with van der Waals surface area (Å²) in [6, 6.07) is 12.6. The zero-order valence-corrected chi connectivity index (χ0v) is 12.4. The number of rotatable bonds is 3. The number of H-pyrrole nitrogens is 1. The second-order valence-electron chi connectivity index (χ2n) is 5.18. The molecule has 2 heterocycles. The number of aromatic amines is 1. The van der Waals surface area contributed by atoms with Crippen LogP contribution in [0.5, 0.6) is 11.5 Å². The van der Waals surface area contributed by atoms with Gasteiger partial charge in [-0.05, 0) is 30.3 Å². The Morgan fingerprint density at radius 1 is 1.13 bits per heavy atom. The fourth-order valence-electron chi connectivity index (χ4n) is 2.61. The highest BCUT2D eigenvalue weighted by Gasteiger charge is 2.11. The zero-order valence-electron chi connectivity index (χ0n) is 12.4. The number of nitrogens with zero attached hydrogens (tertiary/aromatic N) is 2. The number of nitrogens with one attached hydrogen (secondary N) is 2. The first-order valence-electron chi connectivity index (χ1n) is 7.11. The van der Waals surface area contributed by atoms with E-state index in [2.05, 4.69) is 20.5 Å². The van der Waals surface area contributed by atoms with Crippen molar-refractivity contribution in [2.45, 2.75) is 0 Å². The molecule has 23 heavy (non-hydrogen) atoms. The number of benzene rings is 2. The van der Waals surface area contributed by atoms with Crippen LogP contribution in [0.4, 0.5) is 11.5 Å². The Bertz CT molecular complexity index is 1010. The largest absolute Gasteiger partial charge is 0.508 e. The number of ether oxygens (including phenoxy) is 1. The Balaban J connectivity index is 1.90. The third-order valence-electron chi connectivity index (χ3n) is 3.71. The van der Waals surface area contributed by atoms with Gasteiger partial charge >= 0.3 is 0 Å². The number of fused-ring (bicyclic) bond motifs is 3. The maximum Gasteiger partial charge on any atom is 0.157 e. The molecular weight excluding hydrogens is 292 g/mol. The Morgan fingerprint density at radius 2 is 2.04 bits per heavy atom. The van der Waals surface area contributed by atoms with Gasteiger partial charge in [0.05, 0.1) is 18.8 Å². The van der Waals surface area contributed by atoms with Gasteiger partial charge in [-0.2, -0.15) is 5.10 Å². The molecule has 114 valence electrons. The number of pyridine rings is 1.